The molecule has 2 aromatic carbocycles. The smallest absolute Gasteiger partial charge is 0.257 e. The van der Waals surface area contributed by atoms with Crippen molar-refractivity contribution in [3.8, 4) is 5.75 Å². The third-order valence-electron chi connectivity index (χ3n) is 4.11. The predicted octanol–water partition coefficient (Wildman–Crippen LogP) is 3.83. The molecule has 0 aliphatic carbocycles. The lowest BCUT2D eigenvalue weighted by Crippen LogP contribution is -2.12. The van der Waals surface area contributed by atoms with Crippen LogP contribution in [0.15, 0.2) is 42.5 Å². The number of benzene rings is 2. The number of nitrogens with one attached hydrogen (secondary N) is 1. The summed E-state index contributed by atoms with van der Waals surface area (Å²) in [6.07, 6.45) is 0. The molecule has 0 fully saturated rings. The zero-order valence-electron chi connectivity index (χ0n) is 15.7. The molecule has 4 rings (SSSR count). The van der Waals surface area contributed by atoms with Gasteiger partial charge in [-0.25, -0.2) is 14.1 Å². The van der Waals surface area contributed by atoms with Crippen LogP contribution in [0.4, 0.5) is 9.52 Å². The first-order valence-electron chi connectivity index (χ1n) is 8.86. The number of thiazole rings is 1. The summed E-state index contributed by atoms with van der Waals surface area (Å²) >= 11 is 1.22. The Kier molecular flexibility index (Phi) is 5.17. The van der Waals surface area contributed by atoms with Crippen LogP contribution in [0.3, 0.4) is 0 Å². The molecule has 10 heteroatoms. The summed E-state index contributed by atoms with van der Waals surface area (Å²) in [6.45, 7) is 4.18. The van der Waals surface area contributed by atoms with Crippen LogP contribution in [-0.2, 0) is 6.61 Å². The maximum absolute atomic E-state index is 13.3. The summed E-state index contributed by atoms with van der Waals surface area (Å²) in [5, 5.41) is 14.7. The fourth-order valence-electron chi connectivity index (χ4n) is 2.68. The van der Waals surface area contributed by atoms with Gasteiger partial charge in [0.25, 0.3) is 5.91 Å². The number of carbonyl (C=O) groups is 1. The van der Waals surface area contributed by atoms with Crippen LogP contribution in [0.25, 0.3) is 10.2 Å². The Morgan fingerprint density at radius 1 is 1.24 bits per heavy atom. The lowest BCUT2D eigenvalue weighted by atomic mass is 10.2. The topological polar surface area (TPSA) is 94.8 Å². The van der Waals surface area contributed by atoms with E-state index in [4.69, 9.17) is 4.74 Å². The van der Waals surface area contributed by atoms with Crippen LogP contribution >= 0.6 is 11.3 Å². The van der Waals surface area contributed by atoms with Gasteiger partial charge < -0.3 is 4.74 Å². The van der Waals surface area contributed by atoms with E-state index in [1.165, 1.54) is 23.5 Å². The molecule has 0 radical (unpaired) electrons. The monoisotopic (exact) mass is 412 g/mol. The first-order valence-corrected chi connectivity index (χ1v) is 9.68. The van der Waals surface area contributed by atoms with E-state index in [2.05, 4.69) is 25.8 Å². The molecule has 0 atom stereocenters. The molecular weight excluding hydrogens is 395 g/mol. The minimum atomic E-state index is -0.336. The minimum absolute atomic E-state index is 0.133. The molecule has 0 aliphatic heterocycles. The Bertz CT molecular complexity index is 1160. The van der Waals surface area contributed by atoms with E-state index in [1.54, 1.807) is 35.0 Å². The van der Waals surface area contributed by atoms with Gasteiger partial charge in [0.05, 0.1) is 16.3 Å². The van der Waals surface area contributed by atoms with E-state index in [-0.39, 0.29) is 24.4 Å². The number of halogens is 1. The van der Waals surface area contributed by atoms with Gasteiger partial charge in [0.1, 0.15) is 18.2 Å². The number of ether oxygens (including phenoxy) is 1. The highest BCUT2D eigenvalue weighted by Crippen LogP contribution is 2.27. The van der Waals surface area contributed by atoms with E-state index in [9.17, 15) is 9.18 Å². The minimum Gasteiger partial charge on any atom is -0.486 e. The molecule has 2 aromatic heterocycles. The molecule has 2 heterocycles. The SMILES string of the molecule is CC(C)n1nnnc1COc1ccc(C(=O)Nc2nc3ccc(F)cc3s2)cc1. The highest BCUT2D eigenvalue weighted by Gasteiger charge is 2.12. The van der Waals surface area contributed by atoms with Gasteiger partial charge in [-0.3, -0.25) is 10.1 Å². The fourth-order valence-corrected chi connectivity index (χ4v) is 3.57. The summed E-state index contributed by atoms with van der Waals surface area (Å²) < 4.78 is 21.4. The lowest BCUT2D eigenvalue weighted by Gasteiger charge is -2.09. The summed E-state index contributed by atoms with van der Waals surface area (Å²) in [4.78, 5) is 16.7. The number of carbonyl (C=O) groups excluding carboxylic acids is 1. The average Bonchev–Trinajstić information content (AvgIpc) is 3.32. The van der Waals surface area contributed by atoms with Gasteiger partial charge in [0.2, 0.25) is 0 Å². The third-order valence-corrected chi connectivity index (χ3v) is 5.04. The molecule has 0 bridgehead atoms. The van der Waals surface area contributed by atoms with Gasteiger partial charge in [-0.2, -0.15) is 0 Å². The van der Waals surface area contributed by atoms with Crippen molar-refractivity contribution in [2.45, 2.75) is 26.5 Å². The molecule has 0 spiro atoms. The molecule has 1 amide bonds. The van der Waals surface area contributed by atoms with Crippen LogP contribution < -0.4 is 10.1 Å². The summed E-state index contributed by atoms with van der Waals surface area (Å²) in [7, 11) is 0. The van der Waals surface area contributed by atoms with Crippen LogP contribution in [0.5, 0.6) is 5.75 Å². The zero-order chi connectivity index (χ0) is 20.4. The number of amides is 1. The van der Waals surface area contributed by atoms with E-state index in [1.807, 2.05) is 13.8 Å². The van der Waals surface area contributed by atoms with E-state index < -0.39 is 0 Å². The molecule has 0 saturated heterocycles. The van der Waals surface area contributed by atoms with Gasteiger partial charge in [-0.1, -0.05) is 11.3 Å². The van der Waals surface area contributed by atoms with Crippen LogP contribution in [0.2, 0.25) is 0 Å². The fraction of sp³-hybridized carbons (Fsp3) is 0.211. The van der Waals surface area contributed by atoms with Gasteiger partial charge in [-0.15, -0.1) is 5.10 Å². The Labute approximate surface area is 169 Å². The van der Waals surface area contributed by atoms with Crippen molar-refractivity contribution >= 4 is 32.6 Å². The second-order valence-electron chi connectivity index (χ2n) is 6.53. The van der Waals surface area contributed by atoms with Crippen LogP contribution in [-0.4, -0.2) is 31.1 Å². The van der Waals surface area contributed by atoms with Crippen molar-refractivity contribution in [1.29, 1.82) is 0 Å². The zero-order valence-corrected chi connectivity index (χ0v) is 16.5. The normalized spacial score (nSPS) is 11.2. The average molecular weight is 412 g/mol. The van der Waals surface area contributed by atoms with E-state index >= 15 is 0 Å². The van der Waals surface area contributed by atoms with Crippen LogP contribution in [0, 0.1) is 5.82 Å². The molecule has 29 heavy (non-hydrogen) atoms. The number of fused-ring (bicyclic) bond motifs is 1. The molecule has 0 aliphatic rings. The van der Waals surface area contributed by atoms with Crippen molar-refractivity contribution in [3.63, 3.8) is 0 Å². The first kappa shape index (κ1) is 18.9. The maximum atomic E-state index is 13.3. The number of aromatic nitrogens is 5. The molecule has 148 valence electrons. The Morgan fingerprint density at radius 3 is 2.79 bits per heavy atom. The van der Waals surface area contributed by atoms with Crippen molar-refractivity contribution in [3.05, 3.63) is 59.7 Å². The molecule has 8 nitrogen and oxygen atoms in total. The molecule has 0 unspecified atom stereocenters. The number of tetrazole rings is 1. The maximum Gasteiger partial charge on any atom is 0.257 e. The molecule has 4 aromatic rings. The number of rotatable bonds is 6. The number of hydrogen-bond acceptors (Lipinski definition) is 7. The standard InChI is InChI=1S/C19H17FN6O2S/c1-11(2)26-17(23-24-25-26)10-28-14-6-3-12(4-7-14)18(27)22-19-21-15-8-5-13(20)9-16(15)29-19/h3-9,11H,10H2,1-2H3,(H,21,22,27). The van der Waals surface area contributed by atoms with E-state index in [0.29, 0.717) is 32.5 Å². The number of anilines is 1. The van der Waals surface area contributed by atoms with Gasteiger partial charge >= 0.3 is 0 Å². The second kappa shape index (κ2) is 7.92. The van der Waals surface area contributed by atoms with Crippen molar-refractivity contribution < 1.29 is 13.9 Å². The Hall–Kier alpha value is -3.40. The summed E-state index contributed by atoms with van der Waals surface area (Å²) in [5.74, 6) is 0.571. The van der Waals surface area contributed by atoms with Gasteiger partial charge in [-0.05, 0) is 66.7 Å². The highest BCUT2D eigenvalue weighted by molar-refractivity contribution is 7.22. The van der Waals surface area contributed by atoms with Crippen molar-refractivity contribution in [2.24, 2.45) is 0 Å². The highest BCUT2D eigenvalue weighted by atomic mass is 32.1. The third kappa shape index (κ3) is 4.21. The Balaban J connectivity index is 1.40. The number of nitrogens with zero attached hydrogens (tertiary/aromatic N) is 5. The lowest BCUT2D eigenvalue weighted by molar-refractivity contribution is 0.102. The second-order valence-corrected chi connectivity index (χ2v) is 7.56. The Morgan fingerprint density at radius 2 is 2.03 bits per heavy atom. The van der Waals surface area contributed by atoms with Crippen molar-refractivity contribution in [1.82, 2.24) is 25.2 Å². The molecule has 0 saturated carbocycles. The quantitative estimate of drug-likeness (QED) is 0.517. The van der Waals surface area contributed by atoms with Crippen molar-refractivity contribution in [2.75, 3.05) is 5.32 Å². The first-order chi connectivity index (χ1) is 14.0. The molecule has 1 N–H and O–H groups in total. The number of hydrogen-bond donors (Lipinski definition) is 1. The van der Waals surface area contributed by atoms with Crippen LogP contribution in [0.1, 0.15) is 36.1 Å². The van der Waals surface area contributed by atoms with E-state index in [0.717, 1.165) is 0 Å². The predicted molar refractivity (Wildman–Crippen MR) is 107 cm³/mol. The molecular formula is C19H17FN6O2S. The van der Waals surface area contributed by atoms with Gasteiger partial charge in [0.15, 0.2) is 11.0 Å². The van der Waals surface area contributed by atoms with Gasteiger partial charge in [0, 0.05) is 5.56 Å². The summed E-state index contributed by atoms with van der Waals surface area (Å²) in [6, 6.07) is 11.2. The summed E-state index contributed by atoms with van der Waals surface area (Å²) in [5.41, 5.74) is 1.09. The largest absolute Gasteiger partial charge is 0.486 e.